The van der Waals surface area contributed by atoms with Crippen molar-refractivity contribution in [2.45, 2.75) is 57.9 Å². The first-order valence-corrected chi connectivity index (χ1v) is 10.1. The second-order valence-electron chi connectivity index (χ2n) is 7.32. The molecule has 0 bridgehead atoms. The number of thioether (sulfide) groups is 1. The van der Waals surface area contributed by atoms with Crippen molar-refractivity contribution in [3.8, 4) is 5.88 Å². The van der Waals surface area contributed by atoms with Crippen molar-refractivity contribution in [3.05, 3.63) is 24.4 Å². The average molecular weight is 365 g/mol. The van der Waals surface area contributed by atoms with Crippen molar-refractivity contribution < 1.29 is 19.0 Å². The van der Waals surface area contributed by atoms with E-state index in [9.17, 15) is 4.79 Å². The number of aromatic nitrogens is 1. The molecule has 1 unspecified atom stereocenters. The Balaban J connectivity index is 1.53. The predicted molar refractivity (Wildman–Crippen MR) is 97.2 cm³/mol. The summed E-state index contributed by atoms with van der Waals surface area (Å²) in [6.45, 7) is 6.65. The van der Waals surface area contributed by atoms with Gasteiger partial charge in [-0.1, -0.05) is 33.3 Å². The molecule has 1 aliphatic carbocycles. The van der Waals surface area contributed by atoms with E-state index in [1.54, 1.807) is 12.3 Å². The second-order valence-corrected chi connectivity index (χ2v) is 8.41. The summed E-state index contributed by atoms with van der Waals surface area (Å²) in [6, 6.07) is 5.45. The molecule has 138 valence electrons. The minimum Gasteiger partial charge on any atom is -0.459 e. The Morgan fingerprint density at radius 3 is 2.92 bits per heavy atom. The molecule has 6 heteroatoms. The molecule has 0 radical (unpaired) electrons. The maximum absolute atomic E-state index is 12.5. The number of carbonyl (C=O) groups excluding carboxylic acids is 1. The number of pyridine rings is 1. The van der Waals surface area contributed by atoms with Gasteiger partial charge in [0, 0.05) is 12.3 Å². The standard InChI is InChI=1S/C19H27NO4S/c1-12(2)14-8-7-13(3)10-15(14)22-18(21)19-24-17(11-25-19)23-16-6-4-5-9-20-16/h4-6,9,12-15,17,19H,7-8,10-11H2,1-3H3/t13-,14+,15-,17?,19-/m1/s1. The van der Waals surface area contributed by atoms with Crippen LogP contribution in [0.25, 0.3) is 0 Å². The Morgan fingerprint density at radius 1 is 1.36 bits per heavy atom. The van der Waals surface area contributed by atoms with Gasteiger partial charge in [-0.15, -0.1) is 11.8 Å². The highest BCUT2D eigenvalue weighted by molar-refractivity contribution is 8.00. The van der Waals surface area contributed by atoms with Crippen molar-refractivity contribution in [2.24, 2.45) is 17.8 Å². The molecule has 0 spiro atoms. The van der Waals surface area contributed by atoms with E-state index in [1.807, 2.05) is 12.1 Å². The zero-order chi connectivity index (χ0) is 17.8. The summed E-state index contributed by atoms with van der Waals surface area (Å²) < 4.78 is 17.2. The van der Waals surface area contributed by atoms with Crippen LogP contribution in [0.3, 0.4) is 0 Å². The first-order chi connectivity index (χ1) is 12.0. The van der Waals surface area contributed by atoms with Crippen molar-refractivity contribution in [1.82, 2.24) is 4.98 Å². The van der Waals surface area contributed by atoms with E-state index in [1.165, 1.54) is 18.2 Å². The van der Waals surface area contributed by atoms with Crippen LogP contribution >= 0.6 is 11.8 Å². The van der Waals surface area contributed by atoms with Gasteiger partial charge in [0.2, 0.25) is 17.6 Å². The normalized spacial score (nSPS) is 32.6. The third-order valence-electron chi connectivity index (χ3n) is 4.97. The molecule has 1 aromatic rings. The largest absolute Gasteiger partial charge is 0.459 e. The molecule has 0 aromatic carbocycles. The lowest BCUT2D eigenvalue weighted by atomic mass is 9.75. The highest BCUT2D eigenvalue weighted by Crippen LogP contribution is 2.36. The van der Waals surface area contributed by atoms with E-state index in [0.29, 0.717) is 29.4 Å². The van der Waals surface area contributed by atoms with Gasteiger partial charge in [0.25, 0.3) is 0 Å². The molecular weight excluding hydrogens is 338 g/mol. The summed E-state index contributed by atoms with van der Waals surface area (Å²) in [6.07, 6.45) is 4.48. The van der Waals surface area contributed by atoms with Gasteiger partial charge in [0.1, 0.15) is 6.10 Å². The number of carbonyl (C=O) groups is 1. The van der Waals surface area contributed by atoms with E-state index >= 15 is 0 Å². The van der Waals surface area contributed by atoms with Gasteiger partial charge in [0.05, 0.1) is 5.75 Å². The molecule has 0 N–H and O–H groups in total. The van der Waals surface area contributed by atoms with Crippen LogP contribution in [0.5, 0.6) is 5.88 Å². The number of esters is 1. The third kappa shape index (κ3) is 4.88. The summed E-state index contributed by atoms with van der Waals surface area (Å²) >= 11 is 1.43. The van der Waals surface area contributed by atoms with Crippen LogP contribution in [0.1, 0.15) is 40.0 Å². The Kier molecular flexibility index (Phi) is 6.23. The number of nitrogens with zero attached hydrogens (tertiary/aromatic N) is 1. The van der Waals surface area contributed by atoms with Crippen molar-refractivity contribution in [2.75, 3.05) is 5.75 Å². The Bertz CT molecular complexity index is 568. The molecule has 1 saturated carbocycles. The van der Waals surface area contributed by atoms with Gasteiger partial charge >= 0.3 is 5.97 Å². The van der Waals surface area contributed by atoms with Crippen LogP contribution in [-0.4, -0.2) is 34.5 Å². The average Bonchev–Trinajstić information content (AvgIpc) is 3.04. The minimum absolute atomic E-state index is 0.00351. The van der Waals surface area contributed by atoms with E-state index in [2.05, 4.69) is 25.8 Å². The van der Waals surface area contributed by atoms with Crippen LogP contribution in [0.15, 0.2) is 24.4 Å². The van der Waals surface area contributed by atoms with Crippen LogP contribution in [0.4, 0.5) is 0 Å². The van der Waals surface area contributed by atoms with Gasteiger partial charge in [-0.2, -0.15) is 0 Å². The quantitative estimate of drug-likeness (QED) is 0.738. The molecule has 0 amide bonds. The fraction of sp³-hybridized carbons (Fsp3) is 0.684. The number of hydrogen-bond acceptors (Lipinski definition) is 6. The molecular formula is C19H27NO4S. The van der Waals surface area contributed by atoms with Crippen molar-refractivity contribution >= 4 is 17.7 Å². The molecule has 3 rings (SSSR count). The van der Waals surface area contributed by atoms with Crippen LogP contribution in [0, 0.1) is 17.8 Å². The SMILES string of the molecule is CC(C)[C@@H]1CC[C@@H](C)C[C@H]1OC(=O)[C@@H]1OC(Oc2ccccn2)CS1. The van der Waals surface area contributed by atoms with E-state index in [-0.39, 0.29) is 12.1 Å². The monoisotopic (exact) mass is 365 g/mol. The molecule has 2 heterocycles. The molecule has 1 saturated heterocycles. The summed E-state index contributed by atoms with van der Waals surface area (Å²) in [7, 11) is 0. The highest BCUT2D eigenvalue weighted by atomic mass is 32.2. The summed E-state index contributed by atoms with van der Waals surface area (Å²) in [5, 5.41) is 0. The van der Waals surface area contributed by atoms with E-state index in [0.717, 1.165) is 12.8 Å². The lowest BCUT2D eigenvalue weighted by molar-refractivity contribution is -0.170. The van der Waals surface area contributed by atoms with Crippen LogP contribution in [0.2, 0.25) is 0 Å². The molecule has 5 atom stereocenters. The van der Waals surface area contributed by atoms with E-state index < -0.39 is 11.7 Å². The Labute approximate surface area is 153 Å². The predicted octanol–water partition coefficient (Wildman–Crippen LogP) is 3.88. The first kappa shape index (κ1) is 18.5. The minimum atomic E-state index is -0.612. The van der Waals surface area contributed by atoms with Crippen molar-refractivity contribution in [1.29, 1.82) is 0 Å². The molecule has 2 aliphatic rings. The van der Waals surface area contributed by atoms with Gasteiger partial charge in [-0.05, 0) is 36.7 Å². The topological polar surface area (TPSA) is 57.7 Å². The zero-order valence-corrected chi connectivity index (χ0v) is 15.9. The lowest BCUT2D eigenvalue weighted by Crippen LogP contribution is -2.38. The van der Waals surface area contributed by atoms with E-state index in [4.69, 9.17) is 14.2 Å². The summed E-state index contributed by atoms with van der Waals surface area (Å²) in [4.78, 5) is 16.7. The Morgan fingerprint density at radius 2 is 2.20 bits per heavy atom. The highest BCUT2D eigenvalue weighted by Gasteiger charge is 2.38. The number of ether oxygens (including phenoxy) is 3. The molecule has 1 aromatic heterocycles. The van der Waals surface area contributed by atoms with Crippen molar-refractivity contribution in [3.63, 3.8) is 0 Å². The molecule has 2 fully saturated rings. The maximum Gasteiger partial charge on any atom is 0.346 e. The molecule has 5 nitrogen and oxygen atoms in total. The number of rotatable bonds is 5. The second kappa shape index (κ2) is 8.41. The van der Waals surface area contributed by atoms with Crippen LogP contribution < -0.4 is 4.74 Å². The first-order valence-electron chi connectivity index (χ1n) is 9.08. The van der Waals surface area contributed by atoms with Gasteiger partial charge < -0.3 is 14.2 Å². The molecule has 25 heavy (non-hydrogen) atoms. The van der Waals surface area contributed by atoms with Gasteiger partial charge in [0.15, 0.2) is 0 Å². The van der Waals surface area contributed by atoms with Gasteiger partial charge in [-0.3, -0.25) is 0 Å². The zero-order valence-electron chi connectivity index (χ0n) is 15.1. The Hall–Kier alpha value is -1.27. The molecule has 1 aliphatic heterocycles. The summed E-state index contributed by atoms with van der Waals surface area (Å²) in [5.74, 6) is 2.37. The number of hydrogen-bond donors (Lipinski definition) is 0. The summed E-state index contributed by atoms with van der Waals surface area (Å²) in [5.41, 5.74) is -0.612. The maximum atomic E-state index is 12.5. The fourth-order valence-electron chi connectivity index (χ4n) is 3.57. The lowest BCUT2D eigenvalue weighted by Gasteiger charge is -2.37. The van der Waals surface area contributed by atoms with Gasteiger partial charge in [-0.25, -0.2) is 9.78 Å². The third-order valence-corrected chi connectivity index (χ3v) is 6.04. The fourth-order valence-corrected chi connectivity index (χ4v) is 4.45. The smallest absolute Gasteiger partial charge is 0.346 e. The van der Waals surface area contributed by atoms with Crippen LogP contribution in [-0.2, 0) is 14.3 Å².